The van der Waals surface area contributed by atoms with E-state index in [1.807, 2.05) is 16.3 Å². The van der Waals surface area contributed by atoms with Crippen LogP contribution < -0.4 is 5.56 Å². The maximum absolute atomic E-state index is 12.6. The number of amides is 1. The third-order valence-corrected chi connectivity index (χ3v) is 5.29. The van der Waals surface area contributed by atoms with Gasteiger partial charge in [-0.1, -0.05) is 6.07 Å². The molecule has 0 spiro atoms. The highest BCUT2D eigenvalue weighted by Crippen LogP contribution is 2.34. The van der Waals surface area contributed by atoms with Crippen molar-refractivity contribution in [3.05, 3.63) is 50.6 Å². The van der Waals surface area contributed by atoms with E-state index in [0.29, 0.717) is 18.7 Å². The molecule has 2 aromatic heterocycles. The molecule has 0 aliphatic carbocycles. The molecular formula is C17H20N2O3S. The molecule has 122 valence electrons. The van der Waals surface area contributed by atoms with E-state index in [9.17, 15) is 14.7 Å². The molecule has 0 radical (unpaired) electrons. The highest BCUT2D eigenvalue weighted by Gasteiger charge is 2.30. The van der Waals surface area contributed by atoms with Gasteiger partial charge in [0.2, 0.25) is 5.91 Å². The minimum Gasteiger partial charge on any atom is -0.508 e. The summed E-state index contributed by atoms with van der Waals surface area (Å²) in [6, 6.07) is 6.99. The van der Waals surface area contributed by atoms with Gasteiger partial charge in [-0.3, -0.25) is 9.59 Å². The van der Waals surface area contributed by atoms with Gasteiger partial charge in [0.15, 0.2) is 0 Å². The molecule has 23 heavy (non-hydrogen) atoms. The van der Waals surface area contributed by atoms with Crippen molar-refractivity contribution in [2.75, 3.05) is 6.54 Å². The number of rotatable bonds is 4. The summed E-state index contributed by atoms with van der Waals surface area (Å²) in [5.74, 6) is 0.0488. The second-order valence-corrected chi connectivity index (χ2v) is 6.83. The lowest BCUT2D eigenvalue weighted by molar-refractivity contribution is -0.132. The first kappa shape index (κ1) is 15.8. The number of carbonyl (C=O) groups excluding carboxylic acids is 1. The van der Waals surface area contributed by atoms with E-state index < -0.39 is 0 Å². The van der Waals surface area contributed by atoms with E-state index in [1.54, 1.807) is 18.3 Å². The molecule has 3 rings (SSSR count). The highest BCUT2D eigenvalue weighted by atomic mass is 32.1. The summed E-state index contributed by atoms with van der Waals surface area (Å²) in [7, 11) is 0. The zero-order chi connectivity index (χ0) is 16.4. The van der Waals surface area contributed by atoms with Crippen LogP contribution >= 0.6 is 11.3 Å². The molecule has 1 amide bonds. The monoisotopic (exact) mass is 332 g/mol. The molecule has 1 fully saturated rings. The Hall–Kier alpha value is -2.08. The molecule has 1 atom stereocenters. The van der Waals surface area contributed by atoms with E-state index in [2.05, 4.69) is 6.07 Å². The average Bonchev–Trinajstić information content (AvgIpc) is 3.16. The molecule has 1 aliphatic heterocycles. The summed E-state index contributed by atoms with van der Waals surface area (Å²) in [5.41, 5.74) is 0.394. The van der Waals surface area contributed by atoms with Gasteiger partial charge in [0.05, 0.1) is 6.04 Å². The summed E-state index contributed by atoms with van der Waals surface area (Å²) in [4.78, 5) is 27.7. The Morgan fingerprint density at radius 1 is 1.43 bits per heavy atom. The van der Waals surface area contributed by atoms with Gasteiger partial charge < -0.3 is 14.6 Å². The normalized spacial score (nSPS) is 17.6. The third-order valence-electron chi connectivity index (χ3n) is 4.31. The fraction of sp³-hybridized carbons (Fsp3) is 0.412. The maximum Gasteiger partial charge on any atom is 0.254 e. The first-order valence-corrected chi connectivity index (χ1v) is 8.67. The zero-order valence-electron chi connectivity index (χ0n) is 13.1. The Labute approximate surface area is 138 Å². The molecule has 0 saturated carbocycles. The van der Waals surface area contributed by atoms with Crippen LogP contribution in [0, 0.1) is 6.92 Å². The minimum absolute atomic E-state index is 0.0348. The lowest BCUT2D eigenvalue weighted by Gasteiger charge is -2.24. The number of aryl methyl sites for hydroxylation is 1. The quantitative estimate of drug-likeness (QED) is 0.936. The van der Waals surface area contributed by atoms with Crippen LogP contribution in [0.15, 0.2) is 34.4 Å². The molecule has 0 bridgehead atoms. The summed E-state index contributed by atoms with van der Waals surface area (Å²) in [6.07, 6.45) is 2.32. The Morgan fingerprint density at radius 2 is 2.26 bits per heavy atom. The van der Waals surface area contributed by atoms with Crippen molar-refractivity contribution in [1.29, 1.82) is 0 Å². The molecule has 1 N–H and O–H groups in total. The molecule has 6 heteroatoms. The fourth-order valence-corrected chi connectivity index (χ4v) is 4.06. The summed E-state index contributed by atoms with van der Waals surface area (Å²) in [6.45, 7) is 2.89. The number of nitrogens with zero attached hydrogens (tertiary/aromatic N) is 2. The van der Waals surface area contributed by atoms with Gasteiger partial charge in [0, 0.05) is 36.1 Å². The van der Waals surface area contributed by atoms with Gasteiger partial charge in [0.25, 0.3) is 5.56 Å². The number of aromatic hydroxyl groups is 1. The SMILES string of the molecule is Cc1cc(O)cc(=O)n1CCC(=O)N1CCC[C@@H]1c1cccs1. The van der Waals surface area contributed by atoms with E-state index in [-0.39, 0.29) is 23.3 Å². The van der Waals surface area contributed by atoms with Crippen molar-refractivity contribution in [1.82, 2.24) is 9.47 Å². The zero-order valence-corrected chi connectivity index (χ0v) is 13.9. The van der Waals surface area contributed by atoms with E-state index in [1.165, 1.54) is 21.6 Å². The van der Waals surface area contributed by atoms with Crippen molar-refractivity contribution in [2.45, 2.75) is 38.8 Å². The first-order valence-electron chi connectivity index (χ1n) is 7.79. The van der Waals surface area contributed by atoms with Crippen LogP contribution in [-0.2, 0) is 11.3 Å². The van der Waals surface area contributed by atoms with Gasteiger partial charge in [0.1, 0.15) is 5.75 Å². The van der Waals surface area contributed by atoms with Crippen molar-refractivity contribution >= 4 is 17.2 Å². The number of hydrogen-bond acceptors (Lipinski definition) is 4. The first-order chi connectivity index (χ1) is 11.1. The second-order valence-electron chi connectivity index (χ2n) is 5.86. The van der Waals surface area contributed by atoms with E-state index in [4.69, 9.17) is 0 Å². The van der Waals surface area contributed by atoms with Gasteiger partial charge >= 0.3 is 0 Å². The van der Waals surface area contributed by atoms with Gasteiger partial charge in [-0.15, -0.1) is 11.3 Å². The van der Waals surface area contributed by atoms with Gasteiger partial charge in [-0.25, -0.2) is 0 Å². The Morgan fingerprint density at radius 3 is 2.96 bits per heavy atom. The average molecular weight is 332 g/mol. The van der Waals surface area contributed by atoms with Crippen LogP contribution in [-0.4, -0.2) is 27.0 Å². The molecule has 3 heterocycles. The smallest absolute Gasteiger partial charge is 0.254 e. The minimum atomic E-state index is -0.272. The van der Waals surface area contributed by atoms with Crippen molar-refractivity contribution in [2.24, 2.45) is 0 Å². The van der Waals surface area contributed by atoms with Crippen molar-refractivity contribution < 1.29 is 9.90 Å². The largest absolute Gasteiger partial charge is 0.508 e. The van der Waals surface area contributed by atoms with E-state index in [0.717, 1.165) is 19.4 Å². The van der Waals surface area contributed by atoms with Crippen LogP contribution in [0.5, 0.6) is 5.75 Å². The maximum atomic E-state index is 12.6. The molecular weight excluding hydrogens is 312 g/mol. The van der Waals surface area contributed by atoms with Crippen molar-refractivity contribution in [3.8, 4) is 5.75 Å². The van der Waals surface area contributed by atoms with Gasteiger partial charge in [-0.2, -0.15) is 0 Å². The predicted octanol–water partition coefficient (Wildman–Crippen LogP) is 2.68. The van der Waals surface area contributed by atoms with E-state index >= 15 is 0 Å². The summed E-state index contributed by atoms with van der Waals surface area (Å²) < 4.78 is 1.54. The molecule has 1 saturated heterocycles. The lowest BCUT2D eigenvalue weighted by Crippen LogP contribution is -2.32. The number of thiophene rings is 1. The summed E-state index contributed by atoms with van der Waals surface area (Å²) >= 11 is 1.69. The number of aromatic nitrogens is 1. The number of likely N-dealkylation sites (tertiary alicyclic amines) is 1. The standard InChI is InChI=1S/C17H20N2O3S/c1-12-10-13(20)11-17(22)18(12)8-6-16(21)19-7-2-4-14(19)15-5-3-9-23-15/h3,5,9-11,14,20H,2,4,6-8H2,1H3/t14-/m1/s1. The number of pyridine rings is 1. The predicted molar refractivity (Wildman–Crippen MR) is 89.7 cm³/mol. The molecule has 0 aromatic carbocycles. The Kier molecular flexibility index (Phi) is 4.52. The fourth-order valence-electron chi connectivity index (χ4n) is 3.19. The topological polar surface area (TPSA) is 62.5 Å². The summed E-state index contributed by atoms with van der Waals surface area (Å²) in [5, 5.41) is 11.5. The van der Waals surface area contributed by atoms with Crippen LogP contribution in [0.2, 0.25) is 0 Å². The lowest BCUT2D eigenvalue weighted by atomic mass is 10.2. The van der Waals surface area contributed by atoms with Crippen LogP contribution in [0.25, 0.3) is 0 Å². The van der Waals surface area contributed by atoms with Crippen LogP contribution in [0.1, 0.15) is 35.9 Å². The number of carbonyl (C=O) groups is 1. The second kappa shape index (κ2) is 6.58. The third kappa shape index (κ3) is 3.32. The Bertz CT molecular complexity index is 752. The molecule has 5 nitrogen and oxygen atoms in total. The molecule has 0 unspecified atom stereocenters. The Balaban J connectivity index is 1.69. The molecule has 2 aromatic rings. The van der Waals surface area contributed by atoms with Crippen molar-refractivity contribution in [3.63, 3.8) is 0 Å². The van der Waals surface area contributed by atoms with Crippen LogP contribution in [0.3, 0.4) is 0 Å². The van der Waals surface area contributed by atoms with Crippen LogP contribution in [0.4, 0.5) is 0 Å². The highest BCUT2D eigenvalue weighted by molar-refractivity contribution is 7.10. The number of hydrogen-bond donors (Lipinski definition) is 1. The molecule has 1 aliphatic rings. The van der Waals surface area contributed by atoms with Gasteiger partial charge in [-0.05, 0) is 37.3 Å².